The van der Waals surface area contributed by atoms with Gasteiger partial charge in [-0.05, 0) is 18.1 Å². The van der Waals surface area contributed by atoms with Gasteiger partial charge in [0.15, 0.2) is 0 Å². The smallest absolute Gasteiger partial charge is 0.320 e. The fraction of sp³-hybridized carbons (Fsp3) is 0.200. The van der Waals surface area contributed by atoms with Crippen LogP contribution in [-0.2, 0) is 14.8 Å². The Morgan fingerprint density at radius 2 is 1.57 bits per heavy atom. The molecule has 3 nitrogen and oxygen atoms in total. The van der Waals surface area contributed by atoms with E-state index in [9.17, 15) is 18.2 Å². The van der Waals surface area contributed by atoms with E-state index in [2.05, 4.69) is 4.52 Å². The zero-order valence-corrected chi connectivity index (χ0v) is 12.3. The van der Waals surface area contributed by atoms with Crippen molar-refractivity contribution in [2.45, 2.75) is 12.6 Å². The monoisotopic (exact) mass is 312 g/mol. The maximum Gasteiger partial charge on any atom is 0.401 e. The zero-order chi connectivity index (χ0) is 15.5. The van der Waals surface area contributed by atoms with E-state index < -0.39 is 18.8 Å². The maximum atomic E-state index is 14.0. The molecule has 0 saturated heterocycles. The van der Waals surface area contributed by atoms with Gasteiger partial charge >= 0.3 is 13.3 Å². The topological polar surface area (TPSA) is 46.5 Å². The van der Waals surface area contributed by atoms with Gasteiger partial charge in [0.1, 0.15) is 0 Å². The van der Waals surface area contributed by atoms with E-state index in [-0.39, 0.29) is 6.61 Å². The van der Waals surface area contributed by atoms with E-state index in [0.29, 0.717) is 0 Å². The first kappa shape index (κ1) is 15.8. The van der Waals surface area contributed by atoms with E-state index in [0.717, 1.165) is 23.3 Å². The van der Waals surface area contributed by atoms with Crippen LogP contribution in [0.4, 0.5) is 8.78 Å². The molecule has 0 fully saturated rings. The molecule has 1 N–H and O–H groups in total. The highest BCUT2D eigenvalue weighted by atomic mass is 31.2. The van der Waals surface area contributed by atoms with E-state index >= 15 is 0 Å². The fourth-order valence-electron chi connectivity index (χ4n) is 1.91. The van der Waals surface area contributed by atoms with Gasteiger partial charge in [0.2, 0.25) is 0 Å². The summed E-state index contributed by atoms with van der Waals surface area (Å²) in [5.41, 5.74) is -2.84. The van der Waals surface area contributed by atoms with Crippen molar-refractivity contribution in [2.75, 3.05) is 6.61 Å². The molecule has 2 aromatic carbocycles. The molecule has 1 unspecified atom stereocenters. The summed E-state index contributed by atoms with van der Waals surface area (Å²) in [5, 5.41) is 0. The minimum Gasteiger partial charge on any atom is -0.320 e. The molecule has 2 aromatic rings. The van der Waals surface area contributed by atoms with Crippen molar-refractivity contribution in [2.24, 2.45) is 0 Å². The summed E-state index contributed by atoms with van der Waals surface area (Å²) in [7, 11) is -5.04. The summed E-state index contributed by atoms with van der Waals surface area (Å²) in [4.78, 5) is 9.37. The molecule has 2 rings (SSSR count). The SMILES string of the molecule is CCOP(=O)(O)C(F)(F)c1ccc(-c2ccccc2)cc1. The summed E-state index contributed by atoms with van der Waals surface area (Å²) in [5.74, 6) is 0. The van der Waals surface area contributed by atoms with Gasteiger partial charge in [0.25, 0.3) is 0 Å². The Morgan fingerprint density at radius 3 is 2.10 bits per heavy atom. The lowest BCUT2D eigenvalue weighted by Gasteiger charge is -2.22. The molecule has 0 aliphatic heterocycles. The van der Waals surface area contributed by atoms with Crippen LogP contribution >= 0.6 is 7.60 Å². The standard InChI is InChI=1S/C15H15F2O3P/c1-2-20-21(18,19)15(16,17)14-10-8-13(9-11-14)12-6-4-3-5-7-12/h3-11H,2H2,1H3,(H,18,19). The van der Waals surface area contributed by atoms with Crippen LogP contribution in [0.25, 0.3) is 11.1 Å². The van der Waals surface area contributed by atoms with Gasteiger partial charge in [-0.15, -0.1) is 0 Å². The summed E-state index contributed by atoms with van der Waals surface area (Å²) in [6, 6.07) is 14.5. The molecule has 0 aromatic heterocycles. The largest absolute Gasteiger partial charge is 0.401 e. The molecule has 21 heavy (non-hydrogen) atoms. The third-order valence-corrected chi connectivity index (χ3v) is 4.57. The Labute approximate surface area is 121 Å². The Balaban J connectivity index is 2.33. The van der Waals surface area contributed by atoms with Crippen molar-refractivity contribution >= 4 is 7.60 Å². The molecule has 112 valence electrons. The third-order valence-electron chi connectivity index (χ3n) is 3.00. The van der Waals surface area contributed by atoms with Crippen LogP contribution < -0.4 is 0 Å². The molecule has 0 radical (unpaired) electrons. The van der Waals surface area contributed by atoms with E-state index in [1.54, 1.807) is 0 Å². The average Bonchev–Trinajstić information content (AvgIpc) is 2.48. The van der Waals surface area contributed by atoms with Crippen molar-refractivity contribution in [3.63, 3.8) is 0 Å². The molecular weight excluding hydrogens is 297 g/mol. The Morgan fingerprint density at radius 1 is 1.05 bits per heavy atom. The lowest BCUT2D eigenvalue weighted by atomic mass is 10.0. The molecule has 0 amide bonds. The summed E-state index contributed by atoms with van der Waals surface area (Å²) >= 11 is 0. The Kier molecular flexibility index (Phi) is 4.57. The highest BCUT2D eigenvalue weighted by Gasteiger charge is 2.52. The predicted molar refractivity (Wildman–Crippen MR) is 77.2 cm³/mol. The van der Waals surface area contributed by atoms with Crippen molar-refractivity contribution < 1.29 is 22.8 Å². The number of halogens is 2. The van der Waals surface area contributed by atoms with Crippen LogP contribution in [0.15, 0.2) is 54.6 Å². The summed E-state index contributed by atoms with van der Waals surface area (Å²) in [6.45, 7) is 1.13. The van der Waals surface area contributed by atoms with Crippen LogP contribution in [0, 0.1) is 0 Å². The van der Waals surface area contributed by atoms with Gasteiger partial charge in [-0.1, -0.05) is 54.6 Å². The number of hydrogen-bond donors (Lipinski definition) is 1. The van der Waals surface area contributed by atoms with E-state index in [1.165, 1.54) is 19.1 Å². The second kappa shape index (κ2) is 6.06. The lowest BCUT2D eigenvalue weighted by molar-refractivity contribution is 0.0466. The van der Waals surface area contributed by atoms with Crippen molar-refractivity contribution in [1.82, 2.24) is 0 Å². The molecule has 0 saturated carbocycles. The Hall–Kier alpha value is -1.55. The van der Waals surface area contributed by atoms with Crippen LogP contribution in [0.2, 0.25) is 0 Å². The third kappa shape index (κ3) is 3.21. The second-order valence-electron chi connectivity index (χ2n) is 4.42. The second-order valence-corrected chi connectivity index (χ2v) is 6.28. The van der Waals surface area contributed by atoms with Crippen LogP contribution in [-0.4, -0.2) is 11.5 Å². The van der Waals surface area contributed by atoms with Gasteiger partial charge < -0.3 is 9.42 Å². The van der Waals surface area contributed by atoms with Gasteiger partial charge in [-0.2, -0.15) is 8.78 Å². The first-order chi connectivity index (χ1) is 9.88. The summed E-state index contributed by atoms with van der Waals surface area (Å²) in [6.07, 6.45) is 0. The molecule has 0 bridgehead atoms. The van der Waals surface area contributed by atoms with Gasteiger partial charge in [0.05, 0.1) is 6.61 Å². The molecule has 0 aliphatic carbocycles. The molecule has 0 spiro atoms. The van der Waals surface area contributed by atoms with E-state index in [1.807, 2.05) is 30.3 Å². The minimum absolute atomic E-state index is 0.258. The first-order valence-electron chi connectivity index (χ1n) is 6.39. The maximum absolute atomic E-state index is 14.0. The van der Waals surface area contributed by atoms with Gasteiger partial charge in [-0.25, -0.2) is 0 Å². The lowest BCUT2D eigenvalue weighted by Crippen LogP contribution is -2.15. The van der Waals surface area contributed by atoms with Crippen molar-refractivity contribution in [3.8, 4) is 11.1 Å². The minimum atomic E-state index is -5.04. The molecule has 0 aliphatic rings. The highest BCUT2D eigenvalue weighted by molar-refractivity contribution is 7.53. The number of hydrogen-bond acceptors (Lipinski definition) is 2. The van der Waals surface area contributed by atoms with E-state index in [4.69, 9.17) is 0 Å². The van der Waals surface area contributed by atoms with Crippen molar-refractivity contribution in [3.05, 3.63) is 60.2 Å². The van der Waals surface area contributed by atoms with Gasteiger partial charge in [-0.3, -0.25) is 4.57 Å². The number of benzene rings is 2. The molecule has 1 atom stereocenters. The van der Waals surface area contributed by atoms with Gasteiger partial charge in [0, 0.05) is 5.56 Å². The average molecular weight is 312 g/mol. The summed E-state index contributed by atoms with van der Waals surface area (Å²) < 4.78 is 43.9. The van der Waals surface area contributed by atoms with Crippen molar-refractivity contribution in [1.29, 1.82) is 0 Å². The molecular formula is C15H15F2O3P. The van der Waals surface area contributed by atoms with Crippen LogP contribution in [0.5, 0.6) is 0 Å². The zero-order valence-electron chi connectivity index (χ0n) is 11.4. The van der Waals surface area contributed by atoms with Crippen LogP contribution in [0.3, 0.4) is 0 Å². The molecule has 0 heterocycles. The highest BCUT2D eigenvalue weighted by Crippen LogP contribution is 2.63. The number of rotatable bonds is 5. The molecule has 6 heteroatoms. The Bertz CT molecular complexity index is 642. The normalized spacial score (nSPS) is 14.7. The fourth-order valence-corrected chi connectivity index (χ4v) is 2.90. The first-order valence-corrected chi connectivity index (χ1v) is 7.97. The quantitative estimate of drug-likeness (QED) is 0.819. The van der Waals surface area contributed by atoms with Crippen LogP contribution in [0.1, 0.15) is 12.5 Å². The predicted octanol–water partition coefficient (Wildman–Crippen LogP) is 4.62. The number of alkyl halides is 2.